The number of nitrogens with one attached hydrogen (secondary N) is 1. The van der Waals surface area contributed by atoms with Crippen molar-refractivity contribution in [3.8, 4) is 0 Å². The Balaban J connectivity index is 1.99. The predicted molar refractivity (Wildman–Crippen MR) is 139 cm³/mol. The van der Waals surface area contributed by atoms with Crippen LogP contribution in [0.1, 0.15) is 35.6 Å². The number of nitrogens with zero attached hydrogens (tertiary/aromatic N) is 1. The highest BCUT2D eigenvalue weighted by atomic mass is 35.5. The SMILES string of the molecule is CCCNC(=O)C(Cc1ccccc1)N(Cc1ccc(Cl)cc1Cl)C(=O)Cc1ccccc1C. The molecular weight excluding hydrogens is 467 g/mol. The van der Waals surface area contributed by atoms with Crippen LogP contribution in [0.5, 0.6) is 0 Å². The standard InChI is InChI=1S/C28H30Cl2N2O2/c1-3-15-31-28(34)26(16-21-10-5-4-6-11-21)32(19-23-13-14-24(29)18-25(23)30)27(33)17-22-12-8-7-9-20(22)2/h4-14,18,26H,3,15-17,19H2,1-2H3,(H,31,34). The molecule has 3 aromatic rings. The smallest absolute Gasteiger partial charge is 0.243 e. The van der Waals surface area contributed by atoms with Gasteiger partial charge in [-0.15, -0.1) is 0 Å². The highest BCUT2D eigenvalue weighted by Crippen LogP contribution is 2.25. The van der Waals surface area contributed by atoms with E-state index in [4.69, 9.17) is 23.2 Å². The summed E-state index contributed by atoms with van der Waals surface area (Å²) < 4.78 is 0. The van der Waals surface area contributed by atoms with E-state index in [1.165, 1.54) is 0 Å². The molecule has 0 radical (unpaired) electrons. The monoisotopic (exact) mass is 496 g/mol. The number of carbonyl (C=O) groups excluding carboxylic acids is 2. The topological polar surface area (TPSA) is 49.4 Å². The number of benzene rings is 3. The van der Waals surface area contributed by atoms with Gasteiger partial charge >= 0.3 is 0 Å². The highest BCUT2D eigenvalue weighted by molar-refractivity contribution is 6.35. The lowest BCUT2D eigenvalue weighted by atomic mass is 10.00. The molecule has 0 aliphatic heterocycles. The summed E-state index contributed by atoms with van der Waals surface area (Å²) in [6.45, 7) is 4.74. The van der Waals surface area contributed by atoms with Crippen LogP contribution in [-0.4, -0.2) is 29.3 Å². The Kier molecular flexibility index (Phi) is 9.55. The summed E-state index contributed by atoms with van der Waals surface area (Å²) in [6.07, 6.45) is 1.41. The average molecular weight is 497 g/mol. The molecular formula is C28H30Cl2N2O2. The van der Waals surface area contributed by atoms with Crippen molar-refractivity contribution in [3.63, 3.8) is 0 Å². The van der Waals surface area contributed by atoms with Gasteiger partial charge in [-0.1, -0.05) is 90.8 Å². The number of amides is 2. The molecule has 0 fully saturated rings. The van der Waals surface area contributed by atoms with Crippen LogP contribution in [0, 0.1) is 6.92 Å². The van der Waals surface area contributed by atoms with Crippen molar-refractivity contribution < 1.29 is 9.59 Å². The van der Waals surface area contributed by atoms with E-state index in [2.05, 4.69) is 5.32 Å². The van der Waals surface area contributed by atoms with Crippen LogP contribution in [0.25, 0.3) is 0 Å². The van der Waals surface area contributed by atoms with Crippen molar-refractivity contribution in [3.05, 3.63) is 105 Å². The summed E-state index contributed by atoms with van der Waals surface area (Å²) >= 11 is 12.6. The summed E-state index contributed by atoms with van der Waals surface area (Å²) in [7, 11) is 0. The van der Waals surface area contributed by atoms with E-state index < -0.39 is 6.04 Å². The molecule has 0 aliphatic rings. The molecule has 3 aromatic carbocycles. The third-order valence-electron chi connectivity index (χ3n) is 5.78. The molecule has 0 saturated carbocycles. The van der Waals surface area contributed by atoms with E-state index in [0.29, 0.717) is 23.0 Å². The lowest BCUT2D eigenvalue weighted by Gasteiger charge is -2.32. The molecule has 1 N–H and O–H groups in total. The zero-order valence-electron chi connectivity index (χ0n) is 19.6. The van der Waals surface area contributed by atoms with E-state index >= 15 is 0 Å². The number of carbonyl (C=O) groups is 2. The summed E-state index contributed by atoms with van der Waals surface area (Å²) in [6, 6.07) is 22.1. The number of aryl methyl sites for hydroxylation is 1. The van der Waals surface area contributed by atoms with E-state index in [9.17, 15) is 9.59 Å². The minimum atomic E-state index is -0.683. The third-order valence-corrected chi connectivity index (χ3v) is 6.37. The van der Waals surface area contributed by atoms with Crippen LogP contribution in [0.4, 0.5) is 0 Å². The molecule has 6 heteroatoms. The van der Waals surface area contributed by atoms with Crippen LogP contribution < -0.4 is 5.32 Å². The van der Waals surface area contributed by atoms with Gasteiger partial charge in [0.15, 0.2) is 0 Å². The molecule has 0 bridgehead atoms. The molecule has 1 unspecified atom stereocenters. The van der Waals surface area contributed by atoms with Gasteiger partial charge in [0.05, 0.1) is 6.42 Å². The Hall–Kier alpha value is -2.82. The molecule has 2 amide bonds. The van der Waals surface area contributed by atoms with Gasteiger partial charge in [0.1, 0.15) is 6.04 Å². The first-order valence-corrected chi connectivity index (χ1v) is 12.2. The first kappa shape index (κ1) is 25.8. The minimum absolute atomic E-state index is 0.132. The van der Waals surface area contributed by atoms with Crippen LogP contribution in [0.15, 0.2) is 72.8 Å². The van der Waals surface area contributed by atoms with Gasteiger partial charge in [-0.25, -0.2) is 0 Å². The van der Waals surface area contributed by atoms with Gasteiger partial charge in [0.25, 0.3) is 0 Å². The number of halogens is 2. The molecule has 34 heavy (non-hydrogen) atoms. The van der Waals surface area contributed by atoms with E-state index in [0.717, 1.165) is 28.7 Å². The number of hydrogen-bond donors (Lipinski definition) is 1. The first-order chi connectivity index (χ1) is 16.4. The summed E-state index contributed by atoms with van der Waals surface area (Å²) in [4.78, 5) is 28.7. The normalized spacial score (nSPS) is 11.6. The maximum absolute atomic E-state index is 13.7. The van der Waals surface area contributed by atoms with E-state index in [1.54, 1.807) is 17.0 Å². The number of rotatable bonds is 10. The van der Waals surface area contributed by atoms with Crippen molar-refractivity contribution in [2.45, 2.75) is 45.7 Å². The highest BCUT2D eigenvalue weighted by Gasteiger charge is 2.30. The Labute approximate surface area is 211 Å². The molecule has 0 aliphatic carbocycles. The fourth-order valence-corrected chi connectivity index (χ4v) is 4.29. The van der Waals surface area contributed by atoms with E-state index in [-0.39, 0.29) is 24.8 Å². The minimum Gasteiger partial charge on any atom is -0.354 e. The van der Waals surface area contributed by atoms with Gasteiger partial charge in [-0.3, -0.25) is 9.59 Å². The fraction of sp³-hybridized carbons (Fsp3) is 0.286. The van der Waals surface area contributed by atoms with Gasteiger partial charge < -0.3 is 10.2 Å². The zero-order chi connectivity index (χ0) is 24.5. The van der Waals surface area contributed by atoms with E-state index in [1.807, 2.05) is 74.5 Å². The van der Waals surface area contributed by atoms with Gasteiger partial charge in [0.2, 0.25) is 11.8 Å². The Bertz CT molecular complexity index is 1120. The summed E-state index contributed by atoms with van der Waals surface area (Å²) in [5.41, 5.74) is 3.70. The van der Waals surface area contributed by atoms with Crippen LogP contribution in [0.2, 0.25) is 10.0 Å². The Morgan fingerprint density at radius 2 is 1.65 bits per heavy atom. The lowest BCUT2D eigenvalue weighted by molar-refractivity contribution is -0.140. The predicted octanol–water partition coefficient (Wildman–Crippen LogP) is 6.01. The molecule has 0 spiro atoms. The molecule has 0 aromatic heterocycles. The zero-order valence-corrected chi connectivity index (χ0v) is 21.1. The van der Waals surface area contributed by atoms with Crippen molar-refractivity contribution in [2.75, 3.05) is 6.54 Å². The van der Waals surface area contributed by atoms with Crippen molar-refractivity contribution >= 4 is 35.0 Å². The van der Waals surface area contributed by atoms with Gasteiger partial charge in [0, 0.05) is 29.6 Å². The fourth-order valence-electron chi connectivity index (χ4n) is 3.83. The second-order valence-corrected chi connectivity index (χ2v) is 9.20. The van der Waals surface area contributed by atoms with Crippen LogP contribution >= 0.6 is 23.2 Å². The Morgan fingerprint density at radius 1 is 0.941 bits per heavy atom. The molecule has 0 heterocycles. The van der Waals surface area contributed by atoms with Crippen LogP contribution in [-0.2, 0) is 29.0 Å². The Morgan fingerprint density at radius 3 is 2.32 bits per heavy atom. The quantitative estimate of drug-likeness (QED) is 0.373. The first-order valence-electron chi connectivity index (χ1n) is 11.5. The summed E-state index contributed by atoms with van der Waals surface area (Å²) in [5, 5.41) is 3.97. The molecule has 4 nitrogen and oxygen atoms in total. The molecule has 0 saturated heterocycles. The second kappa shape index (κ2) is 12.6. The number of hydrogen-bond acceptors (Lipinski definition) is 2. The summed E-state index contributed by atoms with van der Waals surface area (Å²) in [5.74, 6) is -0.304. The van der Waals surface area contributed by atoms with Crippen LogP contribution in [0.3, 0.4) is 0 Å². The maximum Gasteiger partial charge on any atom is 0.243 e. The molecule has 1 atom stereocenters. The van der Waals surface area contributed by atoms with Crippen molar-refractivity contribution in [1.29, 1.82) is 0 Å². The van der Waals surface area contributed by atoms with Crippen molar-refractivity contribution in [2.24, 2.45) is 0 Å². The third kappa shape index (κ3) is 7.09. The van der Waals surface area contributed by atoms with Gasteiger partial charge in [-0.2, -0.15) is 0 Å². The second-order valence-electron chi connectivity index (χ2n) is 8.36. The maximum atomic E-state index is 13.7. The largest absolute Gasteiger partial charge is 0.354 e. The molecule has 3 rings (SSSR count). The average Bonchev–Trinajstić information content (AvgIpc) is 2.83. The van der Waals surface area contributed by atoms with Gasteiger partial charge in [-0.05, 0) is 47.7 Å². The van der Waals surface area contributed by atoms with Crippen molar-refractivity contribution in [1.82, 2.24) is 10.2 Å². The molecule has 178 valence electrons. The lowest BCUT2D eigenvalue weighted by Crippen LogP contribution is -2.51.